The van der Waals surface area contributed by atoms with Crippen LogP contribution in [0.3, 0.4) is 0 Å². The molecule has 174 valence electrons. The van der Waals surface area contributed by atoms with Crippen molar-refractivity contribution < 1.29 is 38.7 Å². The van der Waals surface area contributed by atoms with Gasteiger partial charge in [0.2, 0.25) is 35.4 Å². The number of carbonyl (C=O) groups is 7. The van der Waals surface area contributed by atoms with E-state index in [1.807, 2.05) is 5.32 Å². The van der Waals surface area contributed by atoms with E-state index < -0.39 is 85.0 Å². The topological polar surface area (TPSA) is 266 Å². The average molecular weight is 445 g/mol. The Labute approximate surface area is 176 Å². The summed E-state index contributed by atoms with van der Waals surface area (Å²) in [5.74, 6) is -6.44. The van der Waals surface area contributed by atoms with Crippen molar-refractivity contribution >= 4 is 41.4 Å². The number of carboxylic acids is 1. The Morgan fingerprint density at radius 3 is 1.77 bits per heavy atom. The quantitative estimate of drug-likeness (QED) is 0.134. The van der Waals surface area contributed by atoms with Crippen LogP contribution < -0.4 is 38.5 Å². The Bertz CT molecular complexity index is 741. The van der Waals surface area contributed by atoms with Gasteiger partial charge < -0.3 is 43.6 Å². The third-order valence-electron chi connectivity index (χ3n) is 3.72. The van der Waals surface area contributed by atoms with E-state index >= 15 is 0 Å². The summed E-state index contributed by atoms with van der Waals surface area (Å²) in [5.41, 5.74) is 15.3. The van der Waals surface area contributed by atoms with Crippen LogP contribution in [0.2, 0.25) is 0 Å². The fourth-order valence-electron chi connectivity index (χ4n) is 2.07. The van der Waals surface area contributed by atoms with Gasteiger partial charge in [-0.1, -0.05) is 0 Å². The molecule has 0 rings (SSSR count). The van der Waals surface area contributed by atoms with Crippen molar-refractivity contribution in [3.63, 3.8) is 0 Å². The number of hydrogen-bond donors (Lipinski definition) is 8. The number of aliphatic carboxylic acids is 1. The first-order valence-corrected chi connectivity index (χ1v) is 8.97. The van der Waals surface area contributed by atoms with Crippen LogP contribution in [0, 0.1) is 0 Å². The van der Waals surface area contributed by atoms with E-state index in [4.69, 9.17) is 22.3 Å². The number of hydrogen-bond acceptors (Lipinski definition) is 8. The average Bonchev–Trinajstić information content (AvgIpc) is 2.64. The first-order valence-electron chi connectivity index (χ1n) is 8.97. The normalized spacial score (nSPS) is 14.2. The summed E-state index contributed by atoms with van der Waals surface area (Å²) in [7, 11) is 0. The first-order chi connectivity index (χ1) is 14.2. The second-order valence-electron chi connectivity index (χ2n) is 6.58. The molecule has 0 saturated heterocycles. The van der Waals surface area contributed by atoms with Crippen molar-refractivity contribution in [3.8, 4) is 0 Å². The number of nitrogens with two attached hydrogens (primary N) is 3. The molecule has 0 aromatic carbocycles. The molecular formula is C16H27N7O8. The van der Waals surface area contributed by atoms with Crippen molar-refractivity contribution in [1.82, 2.24) is 21.3 Å². The summed E-state index contributed by atoms with van der Waals surface area (Å²) in [4.78, 5) is 80.1. The highest BCUT2D eigenvalue weighted by Crippen LogP contribution is 1.94. The van der Waals surface area contributed by atoms with E-state index in [1.165, 1.54) is 13.8 Å². The zero-order chi connectivity index (χ0) is 24.3. The van der Waals surface area contributed by atoms with Gasteiger partial charge in [0.1, 0.15) is 18.1 Å². The molecule has 31 heavy (non-hydrogen) atoms. The highest BCUT2D eigenvalue weighted by atomic mass is 16.4. The maximum atomic E-state index is 12.0. The number of nitrogens with one attached hydrogen (secondary N) is 4. The van der Waals surface area contributed by atoms with Crippen LogP contribution in [0.25, 0.3) is 0 Å². The van der Waals surface area contributed by atoms with E-state index in [2.05, 4.69) is 16.0 Å². The van der Waals surface area contributed by atoms with Crippen LogP contribution >= 0.6 is 0 Å². The molecule has 15 nitrogen and oxygen atoms in total. The predicted octanol–water partition coefficient (Wildman–Crippen LogP) is -5.24. The highest BCUT2D eigenvalue weighted by Gasteiger charge is 2.26. The second kappa shape index (κ2) is 12.7. The lowest BCUT2D eigenvalue weighted by atomic mass is 10.2. The number of carbonyl (C=O) groups excluding carboxylic acids is 6. The number of amides is 6. The molecule has 0 saturated carbocycles. The highest BCUT2D eigenvalue weighted by molar-refractivity contribution is 5.95. The Kier molecular flexibility index (Phi) is 11.2. The molecule has 11 N–H and O–H groups in total. The van der Waals surface area contributed by atoms with E-state index in [0.29, 0.717) is 0 Å². The Balaban J connectivity index is 4.53. The lowest BCUT2D eigenvalue weighted by Crippen LogP contribution is -2.54. The van der Waals surface area contributed by atoms with Crippen molar-refractivity contribution in [3.05, 3.63) is 0 Å². The zero-order valence-electron chi connectivity index (χ0n) is 17.0. The molecule has 0 bridgehead atoms. The van der Waals surface area contributed by atoms with Gasteiger partial charge in [-0.15, -0.1) is 0 Å². The third kappa shape index (κ3) is 11.1. The molecule has 4 unspecified atom stereocenters. The molecule has 0 aliphatic heterocycles. The van der Waals surface area contributed by atoms with Gasteiger partial charge in [0.05, 0.1) is 25.4 Å². The molecule has 0 aliphatic carbocycles. The molecule has 0 heterocycles. The maximum absolute atomic E-state index is 12.0. The molecule has 0 aromatic heterocycles. The van der Waals surface area contributed by atoms with Crippen molar-refractivity contribution in [2.24, 2.45) is 17.2 Å². The van der Waals surface area contributed by atoms with Crippen LogP contribution in [0.5, 0.6) is 0 Å². The predicted molar refractivity (Wildman–Crippen MR) is 103 cm³/mol. The monoisotopic (exact) mass is 445 g/mol. The fraction of sp³-hybridized carbons (Fsp3) is 0.562. The van der Waals surface area contributed by atoms with E-state index in [9.17, 15) is 33.6 Å². The van der Waals surface area contributed by atoms with E-state index in [0.717, 1.165) is 0 Å². The van der Waals surface area contributed by atoms with Crippen LogP contribution in [-0.2, 0) is 33.6 Å². The molecule has 15 heteroatoms. The van der Waals surface area contributed by atoms with Crippen LogP contribution in [0.1, 0.15) is 26.7 Å². The number of carboxylic acid groups (broad SMARTS) is 1. The molecule has 4 atom stereocenters. The fourth-order valence-corrected chi connectivity index (χ4v) is 2.07. The van der Waals surface area contributed by atoms with Gasteiger partial charge in [0.15, 0.2) is 0 Å². The molecule has 0 radical (unpaired) electrons. The second-order valence-corrected chi connectivity index (χ2v) is 6.58. The minimum atomic E-state index is -1.56. The van der Waals surface area contributed by atoms with Crippen molar-refractivity contribution in [1.29, 1.82) is 0 Å². The molecular weight excluding hydrogens is 418 g/mol. The Morgan fingerprint density at radius 1 is 0.774 bits per heavy atom. The standard InChI is InChI=1S/C16H27N7O8/c1-6(22-15(29)8(17)3-10(18)24)13(27)20-5-12(26)21-7(2)14(28)23-9(16(30)31)4-11(19)25/h6-9H,3-5,17H2,1-2H3,(H2,18,24)(H2,19,25)(H,20,27)(H,21,26)(H,22,29)(H,23,28)(H,30,31). The van der Waals surface area contributed by atoms with Crippen LogP contribution in [0.15, 0.2) is 0 Å². The van der Waals surface area contributed by atoms with Crippen molar-refractivity contribution in [2.45, 2.75) is 50.9 Å². The minimum Gasteiger partial charge on any atom is -0.480 e. The third-order valence-corrected chi connectivity index (χ3v) is 3.72. The van der Waals surface area contributed by atoms with Gasteiger partial charge in [-0.2, -0.15) is 0 Å². The SMILES string of the molecule is CC(NC(=O)CNC(=O)C(C)NC(=O)C(N)CC(N)=O)C(=O)NC(CC(N)=O)C(=O)O. The molecule has 0 fully saturated rings. The first kappa shape index (κ1) is 27.2. The number of primary amides is 2. The van der Waals surface area contributed by atoms with Gasteiger partial charge in [0, 0.05) is 0 Å². The summed E-state index contributed by atoms with van der Waals surface area (Å²) in [6, 6.07) is -5.08. The van der Waals surface area contributed by atoms with Gasteiger partial charge in [0.25, 0.3) is 0 Å². The summed E-state index contributed by atoms with van der Waals surface area (Å²) < 4.78 is 0. The summed E-state index contributed by atoms with van der Waals surface area (Å²) in [6.07, 6.45) is -1.05. The lowest BCUT2D eigenvalue weighted by Gasteiger charge is -2.19. The van der Waals surface area contributed by atoms with Gasteiger partial charge >= 0.3 is 5.97 Å². The van der Waals surface area contributed by atoms with E-state index in [-0.39, 0.29) is 0 Å². The van der Waals surface area contributed by atoms with Gasteiger partial charge in [-0.25, -0.2) is 4.79 Å². The summed E-state index contributed by atoms with van der Waals surface area (Å²) in [5, 5.41) is 17.7. The van der Waals surface area contributed by atoms with Crippen LogP contribution in [-0.4, -0.2) is 77.2 Å². The van der Waals surface area contributed by atoms with Crippen LogP contribution in [0.4, 0.5) is 0 Å². The summed E-state index contributed by atoms with van der Waals surface area (Å²) >= 11 is 0. The Hall–Kier alpha value is -3.75. The molecule has 0 spiro atoms. The van der Waals surface area contributed by atoms with Gasteiger partial charge in [-0.05, 0) is 13.8 Å². The largest absolute Gasteiger partial charge is 0.480 e. The molecule has 0 aromatic rings. The zero-order valence-corrected chi connectivity index (χ0v) is 17.0. The number of rotatable bonds is 13. The van der Waals surface area contributed by atoms with E-state index in [1.54, 1.807) is 0 Å². The lowest BCUT2D eigenvalue weighted by molar-refractivity contribution is -0.143. The Morgan fingerprint density at radius 2 is 1.29 bits per heavy atom. The smallest absolute Gasteiger partial charge is 0.326 e. The van der Waals surface area contributed by atoms with Gasteiger partial charge in [-0.3, -0.25) is 28.8 Å². The molecule has 6 amide bonds. The minimum absolute atomic E-state index is 0.412. The molecule has 0 aliphatic rings. The van der Waals surface area contributed by atoms with Crippen molar-refractivity contribution in [2.75, 3.05) is 6.54 Å². The maximum Gasteiger partial charge on any atom is 0.326 e. The summed E-state index contributed by atoms with van der Waals surface area (Å²) in [6.45, 7) is 2.00.